The summed E-state index contributed by atoms with van der Waals surface area (Å²) in [6.07, 6.45) is 0. The van der Waals surface area contributed by atoms with Crippen LogP contribution in [-0.4, -0.2) is 31.5 Å². The molecule has 0 saturated heterocycles. The lowest BCUT2D eigenvalue weighted by molar-refractivity contribution is 0.234. The molecule has 0 aliphatic carbocycles. The number of fused-ring (bicyclic) bond motifs is 1. The Bertz CT molecular complexity index is 667. The van der Waals surface area contributed by atoms with Crippen LogP contribution in [0.3, 0.4) is 0 Å². The molecular weight excluding hydrogens is 264 g/mol. The summed E-state index contributed by atoms with van der Waals surface area (Å²) in [7, 11) is 0. The zero-order valence-electron chi connectivity index (χ0n) is 13.3. The van der Waals surface area contributed by atoms with Crippen LogP contribution in [0.5, 0.6) is 0 Å². The molecule has 6 nitrogen and oxygen atoms in total. The van der Waals surface area contributed by atoms with Crippen molar-refractivity contribution in [3.05, 3.63) is 23.3 Å². The number of hydrogen-bond acceptors (Lipinski definition) is 5. The van der Waals surface area contributed by atoms with Crippen molar-refractivity contribution in [3.8, 4) is 11.4 Å². The highest BCUT2D eigenvalue weighted by Crippen LogP contribution is 2.35. The van der Waals surface area contributed by atoms with Gasteiger partial charge in [0.2, 0.25) is 0 Å². The summed E-state index contributed by atoms with van der Waals surface area (Å²) >= 11 is 0. The summed E-state index contributed by atoms with van der Waals surface area (Å²) in [4.78, 5) is 0. The average molecular weight is 286 g/mol. The number of nitrogens with zero attached hydrogens (tertiary/aromatic N) is 5. The van der Waals surface area contributed by atoms with E-state index in [0.29, 0.717) is 0 Å². The molecule has 3 rings (SSSR count). The first-order chi connectivity index (χ1) is 9.88. The van der Waals surface area contributed by atoms with Crippen LogP contribution in [0.25, 0.3) is 11.4 Å². The minimum absolute atomic E-state index is 0.101. The van der Waals surface area contributed by atoms with Gasteiger partial charge in [0.1, 0.15) is 0 Å². The first-order valence-electron chi connectivity index (χ1n) is 7.35. The van der Waals surface area contributed by atoms with Gasteiger partial charge in [-0.05, 0) is 25.3 Å². The van der Waals surface area contributed by atoms with Crippen LogP contribution in [-0.2, 0) is 6.54 Å². The Morgan fingerprint density at radius 3 is 2.62 bits per heavy atom. The molecular formula is C15H22N6. The van der Waals surface area contributed by atoms with Crippen LogP contribution in [0, 0.1) is 19.3 Å². The molecule has 2 aromatic heterocycles. The highest BCUT2D eigenvalue weighted by atomic mass is 15.3. The molecule has 1 N–H and O–H groups in total. The molecule has 1 atom stereocenters. The fraction of sp³-hybridized carbons (Fsp3) is 0.600. The molecule has 0 saturated carbocycles. The SMILES string of the molecule is Cc1cc(-c2nnc3n2CCNC3C(C)(C)C)c(C)nn1. The lowest BCUT2D eigenvalue weighted by atomic mass is 9.85. The van der Waals surface area contributed by atoms with E-state index in [0.717, 1.165) is 41.7 Å². The number of aryl methyl sites for hydroxylation is 2. The maximum atomic E-state index is 4.45. The van der Waals surface area contributed by atoms with Crippen LogP contribution >= 0.6 is 0 Å². The number of aromatic nitrogens is 5. The maximum Gasteiger partial charge on any atom is 0.166 e. The van der Waals surface area contributed by atoms with Crippen LogP contribution in [0.2, 0.25) is 0 Å². The minimum Gasteiger partial charge on any atom is -0.308 e. The van der Waals surface area contributed by atoms with Crippen molar-refractivity contribution in [2.75, 3.05) is 6.54 Å². The van der Waals surface area contributed by atoms with Crippen LogP contribution < -0.4 is 5.32 Å². The van der Waals surface area contributed by atoms with Gasteiger partial charge < -0.3 is 9.88 Å². The monoisotopic (exact) mass is 286 g/mol. The summed E-state index contributed by atoms with van der Waals surface area (Å²) in [6.45, 7) is 12.4. The second kappa shape index (κ2) is 4.87. The third-order valence-corrected chi connectivity index (χ3v) is 3.93. The summed E-state index contributed by atoms with van der Waals surface area (Å²) in [6, 6.07) is 2.25. The van der Waals surface area contributed by atoms with Crippen LogP contribution in [0.1, 0.15) is 44.0 Å². The Kier molecular flexibility index (Phi) is 3.28. The molecule has 6 heteroatoms. The molecule has 0 fully saturated rings. The Balaban J connectivity index is 2.12. The highest BCUT2D eigenvalue weighted by molar-refractivity contribution is 5.58. The summed E-state index contributed by atoms with van der Waals surface area (Å²) in [5.74, 6) is 1.91. The predicted molar refractivity (Wildman–Crippen MR) is 80.7 cm³/mol. The zero-order valence-corrected chi connectivity index (χ0v) is 13.3. The van der Waals surface area contributed by atoms with Crippen molar-refractivity contribution < 1.29 is 0 Å². The van der Waals surface area contributed by atoms with Crippen molar-refractivity contribution in [3.63, 3.8) is 0 Å². The summed E-state index contributed by atoms with van der Waals surface area (Å²) < 4.78 is 2.22. The molecule has 1 aliphatic heterocycles. The molecule has 3 heterocycles. The molecule has 0 aromatic carbocycles. The first kappa shape index (κ1) is 14.1. The fourth-order valence-electron chi connectivity index (χ4n) is 2.83. The van der Waals surface area contributed by atoms with Gasteiger partial charge in [0.15, 0.2) is 11.6 Å². The fourth-order valence-corrected chi connectivity index (χ4v) is 2.83. The van der Waals surface area contributed by atoms with E-state index in [1.165, 1.54) is 0 Å². The van der Waals surface area contributed by atoms with Gasteiger partial charge in [-0.2, -0.15) is 10.2 Å². The van der Waals surface area contributed by atoms with E-state index in [9.17, 15) is 0 Å². The van der Waals surface area contributed by atoms with E-state index in [-0.39, 0.29) is 11.5 Å². The minimum atomic E-state index is 0.101. The number of hydrogen-bond donors (Lipinski definition) is 1. The highest BCUT2D eigenvalue weighted by Gasteiger charge is 2.34. The topological polar surface area (TPSA) is 68.5 Å². The normalized spacial score (nSPS) is 18.6. The van der Waals surface area contributed by atoms with Crippen molar-refractivity contribution in [2.45, 2.75) is 47.2 Å². The van der Waals surface area contributed by atoms with Gasteiger partial charge in [-0.1, -0.05) is 20.8 Å². The Morgan fingerprint density at radius 2 is 1.90 bits per heavy atom. The first-order valence-corrected chi connectivity index (χ1v) is 7.35. The Morgan fingerprint density at radius 1 is 1.14 bits per heavy atom. The third-order valence-electron chi connectivity index (χ3n) is 3.93. The van der Waals surface area contributed by atoms with Gasteiger partial charge >= 0.3 is 0 Å². The van der Waals surface area contributed by atoms with Crippen molar-refractivity contribution in [1.29, 1.82) is 0 Å². The van der Waals surface area contributed by atoms with Gasteiger partial charge in [0, 0.05) is 18.7 Å². The molecule has 21 heavy (non-hydrogen) atoms. The molecule has 0 amide bonds. The van der Waals surface area contributed by atoms with E-state index < -0.39 is 0 Å². The molecule has 112 valence electrons. The van der Waals surface area contributed by atoms with Gasteiger partial charge in [-0.25, -0.2) is 0 Å². The van der Waals surface area contributed by atoms with Crippen LogP contribution in [0.4, 0.5) is 0 Å². The Labute approximate surface area is 125 Å². The smallest absolute Gasteiger partial charge is 0.166 e. The summed E-state index contributed by atoms with van der Waals surface area (Å²) in [5.41, 5.74) is 2.91. The van der Waals surface area contributed by atoms with E-state index in [1.54, 1.807) is 0 Å². The predicted octanol–water partition coefficient (Wildman–Crippen LogP) is 2.04. The lowest BCUT2D eigenvalue weighted by Crippen LogP contribution is -2.40. The van der Waals surface area contributed by atoms with E-state index >= 15 is 0 Å². The second-order valence-electron chi connectivity index (χ2n) is 6.77. The van der Waals surface area contributed by atoms with Gasteiger partial charge in [-0.3, -0.25) is 0 Å². The van der Waals surface area contributed by atoms with Gasteiger partial charge in [0.05, 0.1) is 17.4 Å². The van der Waals surface area contributed by atoms with Gasteiger partial charge in [-0.15, -0.1) is 10.2 Å². The lowest BCUT2D eigenvalue weighted by Gasteiger charge is -2.34. The Hall–Kier alpha value is -1.82. The standard InChI is InChI=1S/C15H22N6/c1-9-8-11(10(2)18-17-9)13-19-20-14-12(15(3,4)5)16-6-7-21(13)14/h8,12,16H,6-7H2,1-5H3. The maximum absolute atomic E-state index is 4.45. The molecule has 1 unspecified atom stereocenters. The van der Waals surface area contributed by atoms with E-state index in [4.69, 9.17) is 0 Å². The number of nitrogens with one attached hydrogen (secondary N) is 1. The van der Waals surface area contributed by atoms with Crippen molar-refractivity contribution in [2.24, 2.45) is 5.41 Å². The summed E-state index contributed by atoms with van der Waals surface area (Å²) in [5, 5.41) is 20.7. The molecule has 1 aliphatic rings. The number of rotatable bonds is 1. The molecule has 2 aromatic rings. The third kappa shape index (κ3) is 2.44. The molecule has 0 spiro atoms. The average Bonchev–Trinajstić information content (AvgIpc) is 2.84. The van der Waals surface area contributed by atoms with E-state index in [2.05, 4.69) is 51.0 Å². The molecule has 0 bridgehead atoms. The second-order valence-corrected chi connectivity index (χ2v) is 6.77. The van der Waals surface area contributed by atoms with Crippen LogP contribution in [0.15, 0.2) is 6.07 Å². The van der Waals surface area contributed by atoms with Gasteiger partial charge in [0.25, 0.3) is 0 Å². The van der Waals surface area contributed by atoms with Crippen molar-refractivity contribution >= 4 is 0 Å². The quantitative estimate of drug-likeness (QED) is 0.869. The largest absolute Gasteiger partial charge is 0.308 e. The zero-order chi connectivity index (χ0) is 15.2. The van der Waals surface area contributed by atoms with Crippen molar-refractivity contribution in [1.82, 2.24) is 30.3 Å². The molecule has 0 radical (unpaired) electrons. The van der Waals surface area contributed by atoms with E-state index in [1.807, 2.05) is 19.9 Å².